The molecular weight excluding hydrogens is 180 g/mol. The molecule has 42 valence electrons. The minimum absolute atomic E-state index is 0. The van der Waals surface area contributed by atoms with Crippen molar-refractivity contribution in [1.82, 2.24) is 0 Å². The molecule has 0 aliphatic heterocycles. The Bertz CT molecular complexity index is 76.4. The molecule has 0 aromatic heterocycles. The maximum atomic E-state index is 9.77. The molecule has 3 nitrogen and oxygen atoms in total. The average molecular weight is 188 g/mol. The number of hydrogen-bond acceptors (Lipinski definition) is 2. The van der Waals surface area contributed by atoms with E-state index in [0.717, 1.165) is 0 Å². The third-order valence-electron chi connectivity index (χ3n) is 0.644. The van der Waals surface area contributed by atoms with Crippen molar-refractivity contribution in [2.24, 2.45) is 5.73 Å². The van der Waals surface area contributed by atoms with Crippen LogP contribution in [0.2, 0.25) is 0 Å². The minimum Gasteiger partial charge on any atom is -0.482 e. The fraction of sp³-hybridized carbons (Fsp3) is 0.500. The molecule has 8 heavy (non-hydrogen) atoms. The van der Waals surface area contributed by atoms with Crippen molar-refractivity contribution in [1.29, 1.82) is 0 Å². The van der Waals surface area contributed by atoms with Crippen molar-refractivity contribution in [3.05, 3.63) is 6.42 Å². The summed E-state index contributed by atoms with van der Waals surface area (Å²) in [6, 6.07) is -0.806. The monoisotopic (exact) mass is 187 g/mol. The Balaban J connectivity index is 0. The molecule has 3 N–H and O–H groups in total. The van der Waals surface area contributed by atoms with E-state index >= 15 is 0 Å². The van der Waals surface area contributed by atoms with Gasteiger partial charge in [-0.1, -0.05) is 0 Å². The van der Waals surface area contributed by atoms with E-state index in [9.17, 15) is 4.79 Å². The normalized spacial score (nSPS) is 11.8. The van der Waals surface area contributed by atoms with E-state index in [1.54, 1.807) is 6.92 Å². The van der Waals surface area contributed by atoms with Crippen molar-refractivity contribution in [2.45, 2.75) is 13.0 Å². The van der Waals surface area contributed by atoms with Crippen molar-refractivity contribution < 1.29 is 68.1 Å². The number of carboxylic acid groups (broad SMARTS) is 1. The zero-order valence-corrected chi connectivity index (χ0v) is 10.0. The molecule has 0 aliphatic carbocycles. The van der Waals surface area contributed by atoms with Crippen molar-refractivity contribution in [2.75, 3.05) is 0 Å². The summed E-state index contributed by atoms with van der Waals surface area (Å²) < 4.78 is 0. The molecule has 0 amide bonds. The van der Waals surface area contributed by atoms with Gasteiger partial charge in [0.2, 0.25) is 0 Å². The Hall–Kier alpha value is 1.24. The van der Waals surface area contributed by atoms with Gasteiger partial charge in [0.05, 0.1) is 0 Å². The Labute approximate surface area is 97.4 Å². The van der Waals surface area contributed by atoms with Crippen molar-refractivity contribution >= 4 is 5.97 Å². The van der Waals surface area contributed by atoms with Crippen LogP contribution in [0, 0.1) is 6.42 Å². The van der Waals surface area contributed by atoms with Crippen LogP contribution in [0.5, 0.6) is 0 Å². The molecule has 0 aromatic carbocycles. The molecular formula is C4H8NO2Rb. The summed E-state index contributed by atoms with van der Waals surface area (Å²) in [6.07, 6.45) is 1.42. The van der Waals surface area contributed by atoms with Crippen LogP contribution in [0.4, 0.5) is 0 Å². The van der Waals surface area contributed by atoms with Crippen LogP contribution in [0.15, 0.2) is 0 Å². The van der Waals surface area contributed by atoms with Gasteiger partial charge >= 0.3 is 58.2 Å². The van der Waals surface area contributed by atoms with E-state index in [1.165, 1.54) is 6.42 Å². The number of rotatable bonds is 2. The average Bonchev–Trinajstić information content (AvgIpc) is 1.65. The summed E-state index contributed by atoms with van der Waals surface area (Å²) in [6.45, 7) is 1.61. The number of aliphatic carboxylic acids is 1. The first kappa shape index (κ1) is 12.0. The fourth-order valence-corrected chi connectivity index (χ4v) is 0.143. The minimum atomic E-state index is -0.984. The van der Waals surface area contributed by atoms with Crippen molar-refractivity contribution in [3.63, 3.8) is 0 Å². The van der Waals surface area contributed by atoms with E-state index in [4.69, 9.17) is 10.8 Å². The number of carboxylic acids is 1. The van der Waals surface area contributed by atoms with E-state index in [1.807, 2.05) is 0 Å². The van der Waals surface area contributed by atoms with Crippen LogP contribution < -0.4 is 63.9 Å². The predicted octanol–water partition coefficient (Wildman–Crippen LogP) is -3.37. The van der Waals surface area contributed by atoms with Crippen LogP contribution in [-0.4, -0.2) is 17.1 Å². The Morgan fingerprint density at radius 2 is 2.25 bits per heavy atom. The number of carbonyl (C=O) groups is 1. The maximum Gasteiger partial charge on any atom is 1.00 e. The fourth-order valence-electron chi connectivity index (χ4n) is 0.143. The third-order valence-corrected chi connectivity index (χ3v) is 0.644. The Morgan fingerprint density at radius 1 is 1.88 bits per heavy atom. The summed E-state index contributed by atoms with van der Waals surface area (Å²) in [5.41, 5.74) is 4.96. The molecule has 0 fully saturated rings. The molecule has 0 radical (unpaired) electrons. The topological polar surface area (TPSA) is 63.3 Å². The molecule has 0 bridgehead atoms. The number of hydrogen-bond donors (Lipinski definition) is 2. The SMILES string of the molecule is C[CH-][C@H](N)C(=O)O.[Rb+]. The maximum absolute atomic E-state index is 9.77. The van der Waals surface area contributed by atoms with Gasteiger partial charge in [0.25, 0.3) is 5.97 Å². The van der Waals surface area contributed by atoms with E-state index in [2.05, 4.69) is 0 Å². The Kier molecular flexibility index (Phi) is 9.51. The molecule has 1 atom stereocenters. The van der Waals surface area contributed by atoms with Gasteiger partial charge in [-0.2, -0.15) is 6.92 Å². The summed E-state index contributed by atoms with van der Waals surface area (Å²) in [7, 11) is 0. The summed E-state index contributed by atoms with van der Waals surface area (Å²) in [5, 5.41) is 8.03. The zero-order chi connectivity index (χ0) is 5.86. The molecule has 0 aliphatic rings. The van der Waals surface area contributed by atoms with Crippen LogP contribution >= 0.6 is 0 Å². The third kappa shape index (κ3) is 5.37. The largest absolute Gasteiger partial charge is 1.00 e. The number of nitrogens with two attached hydrogens (primary N) is 1. The molecule has 0 unspecified atom stereocenters. The van der Waals surface area contributed by atoms with Gasteiger partial charge < -0.3 is 17.3 Å². The summed E-state index contributed by atoms with van der Waals surface area (Å²) in [5.74, 6) is -0.984. The molecule has 4 heteroatoms. The van der Waals surface area contributed by atoms with E-state index in [0.29, 0.717) is 0 Å². The first-order valence-corrected chi connectivity index (χ1v) is 1.96. The molecule has 0 heterocycles. The smallest absolute Gasteiger partial charge is 0.482 e. The first-order chi connectivity index (χ1) is 3.18. The predicted molar refractivity (Wildman–Crippen MR) is 25.6 cm³/mol. The van der Waals surface area contributed by atoms with Gasteiger partial charge in [0, 0.05) is 0 Å². The second-order valence-corrected chi connectivity index (χ2v) is 1.20. The Morgan fingerprint density at radius 3 is 2.25 bits per heavy atom. The quantitative estimate of drug-likeness (QED) is 0.444. The molecule has 0 saturated carbocycles. The van der Waals surface area contributed by atoms with Crippen LogP contribution in [0.1, 0.15) is 6.92 Å². The summed E-state index contributed by atoms with van der Waals surface area (Å²) in [4.78, 5) is 9.77. The van der Waals surface area contributed by atoms with Crippen LogP contribution in [-0.2, 0) is 4.79 Å². The molecule has 0 rings (SSSR count). The second-order valence-electron chi connectivity index (χ2n) is 1.20. The van der Waals surface area contributed by atoms with E-state index in [-0.39, 0.29) is 58.2 Å². The van der Waals surface area contributed by atoms with Crippen molar-refractivity contribution in [3.8, 4) is 0 Å². The van der Waals surface area contributed by atoms with Gasteiger partial charge in [-0.25, -0.2) is 0 Å². The first-order valence-electron chi connectivity index (χ1n) is 1.96. The van der Waals surface area contributed by atoms with Crippen LogP contribution in [0.25, 0.3) is 0 Å². The molecule has 0 spiro atoms. The second kappa shape index (κ2) is 6.36. The van der Waals surface area contributed by atoms with E-state index < -0.39 is 12.0 Å². The molecule has 0 aromatic rings. The molecule has 0 saturated heterocycles. The summed E-state index contributed by atoms with van der Waals surface area (Å²) >= 11 is 0. The van der Waals surface area contributed by atoms with Gasteiger partial charge in [-0.15, -0.1) is 0 Å². The van der Waals surface area contributed by atoms with Crippen LogP contribution in [0.3, 0.4) is 0 Å². The van der Waals surface area contributed by atoms with Gasteiger partial charge in [-0.3, -0.25) is 4.79 Å². The van der Waals surface area contributed by atoms with Gasteiger partial charge in [0.1, 0.15) is 0 Å². The van der Waals surface area contributed by atoms with Gasteiger partial charge in [-0.05, 0) is 6.04 Å². The zero-order valence-electron chi connectivity index (χ0n) is 5.09. The van der Waals surface area contributed by atoms with Gasteiger partial charge in [0.15, 0.2) is 0 Å². The standard InChI is InChI=1S/C4H8NO2.Rb/c1-2-3(5)4(6)7;/h2-3H,5H2,1H3,(H,6,7);/q-1;+1/t3-;/m0./s1.